The number of allylic oxidation sites excluding steroid dienone is 1. The van der Waals surface area contributed by atoms with Gasteiger partial charge in [0, 0.05) is 12.3 Å². The monoisotopic (exact) mass is 378 g/mol. The van der Waals surface area contributed by atoms with Crippen molar-refractivity contribution in [2.45, 2.75) is 33.6 Å². The highest BCUT2D eigenvalue weighted by Crippen LogP contribution is 2.46. The number of fused-ring (bicyclic) bond motifs is 1. The van der Waals surface area contributed by atoms with E-state index in [1.165, 1.54) is 5.57 Å². The van der Waals surface area contributed by atoms with Crippen LogP contribution < -0.4 is 10.5 Å². The molecule has 1 fully saturated rings. The minimum absolute atomic E-state index is 0.162. The summed E-state index contributed by atoms with van der Waals surface area (Å²) in [7, 11) is 0. The molecule has 0 radical (unpaired) electrons. The average Bonchev–Trinajstić information content (AvgIpc) is 2.85. The second-order valence-electron chi connectivity index (χ2n) is 7.00. The molecular weight excluding hydrogens is 356 g/mol. The minimum Gasteiger partial charge on any atom is -0.492 e. The molecule has 1 aliphatic rings. The van der Waals surface area contributed by atoms with E-state index < -0.39 is 0 Å². The van der Waals surface area contributed by atoms with Crippen molar-refractivity contribution in [3.05, 3.63) is 28.9 Å². The first-order valence-corrected chi connectivity index (χ1v) is 8.71. The highest BCUT2D eigenvalue weighted by molar-refractivity contribution is 9.10. The van der Waals surface area contributed by atoms with Crippen molar-refractivity contribution < 1.29 is 4.74 Å². The van der Waals surface area contributed by atoms with Crippen LogP contribution in [0.3, 0.4) is 0 Å². The van der Waals surface area contributed by atoms with Crippen LogP contribution in [-0.4, -0.2) is 21.2 Å². The van der Waals surface area contributed by atoms with Gasteiger partial charge in [0.2, 0.25) is 5.95 Å². The summed E-state index contributed by atoms with van der Waals surface area (Å²) in [6.45, 7) is 11.8. The van der Waals surface area contributed by atoms with Gasteiger partial charge in [0.1, 0.15) is 5.75 Å². The van der Waals surface area contributed by atoms with E-state index in [0.717, 1.165) is 23.1 Å². The van der Waals surface area contributed by atoms with Crippen molar-refractivity contribution in [1.82, 2.24) is 14.6 Å². The fraction of sp³-hybridized carbons (Fsp3) is 0.529. The van der Waals surface area contributed by atoms with Crippen LogP contribution in [0.25, 0.3) is 5.65 Å². The molecule has 2 unspecified atom stereocenters. The molecule has 1 aliphatic carbocycles. The maximum atomic E-state index is 6.09. The van der Waals surface area contributed by atoms with E-state index in [4.69, 9.17) is 10.5 Å². The number of nitrogen functional groups attached to an aromatic ring is 1. The lowest BCUT2D eigenvalue weighted by Gasteiger charge is -2.43. The zero-order chi connectivity index (χ0) is 16.8. The van der Waals surface area contributed by atoms with Gasteiger partial charge in [-0.25, -0.2) is 0 Å². The molecule has 0 bridgehead atoms. The first kappa shape index (κ1) is 16.3. The van der Waals surface area contributed by atoms with Crippen LogP contribution in [0.1, 0.15) is 33.6 Å². The lowest BCUT2D eigenvalue weighted by atomic mass is 9.62. The molecule has 2 N–H and O–H groups in total. The molecule has 124 valence electrons. The number of halogens is 1. The molecule has 2 heterocycles. The molecule has 2 aromatic heterocycles. The van der Waals surface area contributed by atoms with Gasteiger partial charge in [0.05, 0.1) is 11.1 Å². The predicted molar refractivity (Wildman–Crippen MR) is 95.4 cm³/mol. The molecule has 1 saturated carbocycles. The summed E-state index contributed by atoms with van der Waals surface area (Å²) in [5, 5.41) is 7.91. The van der Waals surface area contributed by atoms with E-state index in [1.54, 1.807) is 4.40 Å². The Kier molecular flexibility index (Phi) is 4.12. The Morgan fingerprint density at radius 1 is 1.48 bits per heavy atom. The van der Waals surface area contributed by atoms with Crippen molar-refractivity contribution in [3.8, 4) is 5.75 Å². The summed E-state index contributed by atoms with van der Waals surface area (Å²) >= 11 is 3.54. The number of hydrogen-bond donors (Lipinski definition) is 1. The molecule has 0 amide bonds. The van der Waals surface area contributed by atoms with Gasteiger partial charge in [-0.1, -0.05) is 32.9 Å². The molecule has 0 spiro atoms. The Balaban J connectivity index is 1.76. The van der Waals surface area contributed by atoms with Gasteiger partial charge >= 0.3 is 0 Å². The van der Waals surface area contributed by atoms with Gasteiger partial charge in [-0.3, -0.25) is 4.40 Å². The fourth-order valence-electron chi connectivity index (χ4n) is 3.29. The number of nitrogens with two attached hydrogens (primary N) is 1. The highest BCUT2D eigenvalue weighted by atomic mass is 79.9. The third-order valence-corrected chi connectivity index (χ3v) is 6.11. The zero-order valence-electron chi connectivity index (χ0n) is 13.8. The van der Waals surface area contributed by atoms with Gasteiger partial charge in [0.15, 0.2) is 5.65 Å². The Morgan fingerprint density at radius 3 is 2.96 bits per heavy atom. The summed E-state index contributed by atoms with van der Waals surface area (Å²) < 4.78 is 8.67. The van der Waals surface area contributed by atoms with Crippen LogP contribution in [0.5, 0.6) is 5.75 Å². The van der Waals surface area contributed by atoms with Crippen molar-refractivity contribution in [1.29, 1.82) is 0 Å². The molecule has 0 aliphatic heterocycles. The maximum Gasteiger partial charge on any atom is 0.226 e. The lowest BCUT2D eigenvalue weighted by Crippen LogP contribution is -2.37. The molecule has 6 heteroatoms. The molecule has 0 saturated heterocycles. The van der Waals surface area contributed by atoms with Crippen LogP contribution >= 0.6 is 15.9 Å². The number of ether oxygens (including phenoxy) is 1. The van der Waals surface area contributed by atoms with Crippen molar-refractivity contribution in [3.63, 3.8) is 0 Å². The Hall–Kier alpha value is -1.56. The molecule has 2 atom stereocenters. The third kappa shape index (κ3) is 2.84. The molecule has 5 nitrogen and oxygen atoms in total. The van der Waals surface area contributed by atoms with Crippen LogP contribution in [0.2, 0.25) is 0 Å². The number of nitrogens with zero attached hydrogens (tertiary/aromatic N) is 3. The first-order chi connectivity index (χ1) is 10.8. The summed E-state index contributed by atoms with van der Waals surface area (Å²) in [4.78, 5) is 0. The van der Waals surface area contributed by atoms with Gasteiger partial charge in [0.25, 0.3) is 0 Å². The van der Waals surface area contributed by atoms with Crippen molar-refractivity contribution in [2.24, 2.45) is 17.3 Å². The minimum atomic E-state index is 0.162. The van der Waals surface area contributed by atoms with Crippen LogP contribution in [-0.2, 0) is 0 Å². The van der Waals surface area contributed by atoms with Gasteiger partial charge in [-0.15, -0.1) is 10.2 Å². The van der Waals surface area contributed by atoms with Crippen molar-refractivity contribution >= 4 is 27.5 Å². The lowest BCUT2D eigenvalue weighted by molar-refractivity contribution is 0.0981. The smallest absolute Gasteiger partial charge is 0.226 e. The average molecular weight is 379 g/mol. The van der Waals surface area contributed by atoms with Crippen LogP contribution in [0, 0.1) is 17.3 Å². The molecule has 2 aromatic rings. The Labute approximate surface area is 145 Å². The van der Waals surface area contributed by atoms with Crippen LogP contribution in [0.15, 0.2) is 28.9 Å². The number of hydrogen-bond acceptors (Lipinski definition) is 4. The summed E-state index contributed by atoms with van der Waals surface area (Å²) in [6.07, 6.45) is 4.05. The number of aromatic nitrogens is 3. The summed E-state index contributed by atoms with van der Waals surface area (Å²) in [5.74, 6) is 2.20. The normalized spacial score (nSPS) is 24.1. The fourth-order valence-corrected chi connectivity index (χ4v) is 3.72. The maximum absolute atomic E-state index is 6.09. The van der Waals surface area contributed by atoms with Gasteiger partial charge < -0.3 is 10.5 Å². The van der Waals surface area contributed by atoms with E-state index in [0.29, 0.717) is 30.0 Å². The quantitative estimate of drug-likeness (QED) is 0.817. The largest absolute Gasteiger partial charge is 0.492 e. The van der Waals surface area contributed by atoms with Crippen LogP contribution in [0.4, 0.5) is 5.95 Å². The molecule has 23 heavy (non-hydrogen) atoms. The molecular formula is C17H23BrN4O. The van der Waals surface area contributed by atoms with E-state index >= 15 is 0 Å². The second-order valence-corrected chi connectivity index (χ2v) is 7.85. The van der Waals surface area contributed by atoms with E-state index in [-0.39, 0.29) is 5.41 Å². The third-order valence-electron chi connectivity index (χ3n) is 5.51. The number of rotatable bonds is 3. The zero-order valence-corrected chi connectivity index (χ0v) is 15.4. The molecule has 0 aromatic carbocycles. The number of pyridine rings is 1. The number of anilines is 1. The summed E-state index contributed by atoms with van der Waals surface area (Å²) in [6, 6.07) is 1.87. The predicted octanol–water partition coefficient (Wildman–Crippen LogP) is 4.08. The highest BCUT2D eigenvalue weighted by Gasteiger charge is 2.38. The topological polar surface area (TPSA) is 65.4 Å². The Morgan fingerprint density at radius 2 is 2.22 bits per heavy atom. The SMILES string of the molecule is C=C1CCC(COc2cc3nnc(N)n3cc2Br)C(C)C1(C)C. The Bertz CT molecular complexity index is 752. The van der Waals surface area contributed by atoms with E-state index in [9.17, 15) is 0 Å². The second kappa shape index (κ2) is 5.82. The van der Waals surface area contributed by atoms with Crippen molar-refractivity contribution in [2.75, 3.05) is 12.3 Å². The van der Waals surface area contributed by atoms with Gasteiger partial charge in [-0.2, -0.15) is 0 Å². The van der Waals surface area contributed by atoms with E-state index in [2.05, 4.69) is 53.5 Å². The van der Waals surface area contributed by atoms with E-state index in [1.807, 2.05) is 12.3 Å². The molecule has 3 rings (SSSR count). The standard InChI is InChI=1S/C17H23BrN4O/c1-10-5-6-12(11(2)17(10,3)4)9-23-14-7-15-20-21-16(19)22(15)8-13(14)18/h7-8,11-12H,1,5-6,9H2,2-4H3,(H2,19,21). The van der Waals surface area contributed by atoms with Gasteiger partial charge in [-0.05, 0) is 46.0 Å². The first-order valence-electron chi connectivity index (χ1n) is 7.91. The summed E-state index contributed by atoms with van der Waals surface area (Å²) in [5.41, 5.74) is 7.96.